The molecule has 0 aliphatic carbocycles. The number of Topliss-reactive ketones (excluding diaryl/α,β-unsaturated/α-hetero) is 1. The van der Waals surface area contributed by atoms with E-state index < -0.39 is 0 Å². The van der Waals surface area contributed by atoms with Gasteiger partial charge in [0.15, 0.2) is 5.78 Å². The molecule has 2 heterocycles. The number of benzene rings is 2. The van der Waals surface area contributed by atoms with Crippen LogP contribution in [0.3, 0.4) is 0 Å². The molecule has 2 aromatic rings. The van der Waals surface area contributed by atoms with Crippen LogP contribution in [-0.4, -0.2) is 35.9 Å². The van der Waals surface area contributed by atoms with E-state index in [0.717, 1.165) is 54.6 Å². The van der Waals surface area contributed by atoms with Crippen molar-refractivity contribution in [2.75, 3.05) is 19.6 Å². The van der Waals surface area contributed by atoms with Crippen LogP contribution in [0.25, 0.3) is 10.8 Å². The highest BCUT2D eigenvalue weighted by Gasteiger charge is 2.43. The van der Waals surface area contributed by atoms with Gasteiger partial charge in [0.25, 0.3) is 0 Å². The normalized spacial score (nSPS) is 20.9. The van der Waals surface area contributed by atoms with Crippen LogP contribution in [0, 0.1) is 0 Å². The molecule has 0 radical (unpaired) electrons. The van der Waals surface area contributed by atoms with Crippen LogP contribution in [0.15, 0.2) is 36.4 Å². The molecular weight excluding hydrogens is 274 g/mol. The lowest BCUT2D eigenvalue weighted by Gasteiger charge is -2.44. The Morgan fingerprint density at radius 1 is 1.14 bits per heavy atom. The maximum absolute atomic E-state index is 12.7. The Labute approximate surface area is 130 Å². The minimum absolute atomic E-state index is 0.233. The highest BCUT2D eigenvalue weighted by molar-refractivity contribution is 6.06. The van der Waals surface area contributed by atoms with Crippen molar-refractivity contribution in [2.24, 2.45) is 0 Å². The number of carbonyl (C=O) groups excluding carboxylic acids is 1. The van der Waals surface area contributed by atoms with Gasteiger partial charge in [-0.3, -0.25) is 4.79 Å². The molecule has 3 nitrogen and oxygen atoms in total. The average molecular weight is 295 g/mol. The summed E-state index contributed by atoms with van der Waals surface area (Å²) in [5.41, 5.74) is 0.460. The summed E-state index contributed by atoms with van der Waals surface area (Å²) in [5, 5.41) is 2.20. The van der Waals surface area contributed by atoms with Gasteiger partial charge in [-0.1, -0.05) is 37.3 Å². The Morgan fingerprint density at radius 3 is 2.68 bits per heavy atom. The molecule has 114 valence electrons. The molecule has 2 aliphatic heterocycles. The van der Waals surface area contributed by atoms with Gasteiger partial charge in [0.05, 0.1) is 12.0 Å². The fraction of sp³-hybridized carbons (Fsp3) is 0.421. The van der Waals surface area contributed by atoms with E-state index >= 15 is 0 Å². The predicted octanol–water partition coefficient (Wildman–Crippen LogP) is 3.66. The van der Waals surface area contributed by atoms with Gasteiger partial charge in [0.1, 0.15) is 11.4 Å². The number of likely N-dealkylation sites (tertiary alicyclic amines) is 1. The van der Waals surface area contributed by atoms with Crippen molar-refractivity contribution < 1.29 is 9.53 Å². The third-order valence-corrected chi connectivity index (χ3v) is 5.20. The molecule has 1 spiro atoms. The maximum atomic E-state index is 12.7. The number of hydrogen-bond donors (Lipinski definition) is 0. The molecule has 3 heteroatoms. The number of fused-ring (bicyclic) bond motifs is 3. The topological polar surface area (TPSA) is 29.5 Å². The molecule has 0 N–H and O–H groups in total. The van der Waals surface area contributed by atoms with Crippen LogP contribution in [0.4, 0.5) is 0 Å². The Balaban J connectivity index is 1.76. The monoisotopic (exact) mass is 295 g/mol. The summed E-state index contributed by atoms with van der Waals surface area (Å²) in [5.74, 6) is 1.04. The highest BCUT2D eigenvalue weighted by Crippen LogP contribution is 2.42. The van der Waals surface area contributed by atoms with Crippen molar-refractivity contribution in [3.63, 3.8) is 0 Å². The Bertz CT molecular complexity index is 729. The van der Waals surface area contributed by atoms with Crippen LogP contribution in [0.1, 0.15) is 36.5 Å². The molecule has 0 saturated carbocycles. The molecule has 1 fully saturated rings. The van der Waals surface area contributed by atoms with Gasteiger partial charge in [-0.05, 0) is 18.0 Å². The number of ketones is 1. The number of piperidine rings is 1. The molecule has 0 amide bonds. The highest BCUT2D eigenvalue weighted by atomic mass is 16.5. The average Bonchev–Trinajstić information content (AvgIpc) is 2.55. The van der Waals surface area contributed by atoms with Crippen molar-refractivity contribution in [1.29, 1.82) is 0 Å². The summed E-state index contributed by atoms with van der Waals surface area (Å²) >= 11 is 0. The second-order valence-corrected chi connectivity index (χ2v) is 6.48. The molecule has 0 unspecified atom stereocenters. The molecule has 22 heavy (non-hydrogen) atoms. The van der Waals surface area contributed by atoms with Gasteiger partial charge in [0, 0.05) is 31.3 Å². The molecular formula is C19H21NO2. The van der Waals surface area contributed by atoms with Gasteiger partial charge in [-0.25, -0.2) is 0 Å². The first-order valence-electron chi connectivity index (χ1n) is 8.17. The summed E-state index contributed by atoms with van der Waals surface area (Å²) < 4.78 is 6.49. The maximum Gasteiger partial charge on any atom is 0.170 e. The third kappa shape index (κ3) is 2.12. The molecule has 2 aromatic carbocycles. The van der Waals surface area contributed by atoms with Gasteiger partial charge in [-0.15, -0.1) is 0 Å². The summed E-state index contributed by atoms with van der Waals surface area (Å²) in [6, 6.07) is 12.1. The fourth-order valence-corrected chi connectivity index (χ4v) is 3.77. The number of rotatable bonds is 1. The van der Waals surface area contributed by atoms with E-state index in [4.69, 9.17) is 4.74 Å². The van der Waals surface area contributed by atoms with E-state index in [0.29, 0.717) is 6.42 Å². The Hall–Kier alpha value is -1.87. The van der Waals surface area contributed by atoms with Crippen molar-refractivity contribution in [3.8, 4) is 5.75 Å². The Kier molecular flexibility index (Phi) is 3.19. The quantitative estimate of drug-likeness (QED) is 0.804. The molecule has 0 bridgehead atoms. The van der Waals surface area contributed by atoms with E-state index in [1.165, 1.54) is 0 Å². The van der Waals surface area contributed by atoms with Crippen LogP contribution in [0.5, 0.6) is 5.75 Å². The number of ether oxygens (including phenoxy) is 1. The SMILES string of the molecule is CCN1CCC2(CC1)CC(=O)c1ccc3ccccc3c1O2. The van der Waals surface area contributed by atoms with Gasteiger partial charge >= 0.3 is 0 Å². The van der Waals surface area contributed by atoms with Crippen molar-refractivity contribution in [2.45, 2.75) is 31.8 Å². The molecule has 0 atom stereocenters. The molecule has 0 aromatic heterocycles. The van der Waals surface area contributed by atoms with E-state index in [1.807, 2.05) is 24.3 Å². The zero-order chi connectivity index (χ0) is 15.2. The predicted molar refractivity (Wildman–Crippen MR) is 87.6 cm³/mol. The summed E-state index contributed by atoms with van der Waals surface area (Å²) in [4.78, 5) is 15.1. The standard InChI is InChI=1S/C19H21NO2/c1-2-20-11-9-19(10-12-20)13-17(21)16-8-7-14-5-3-4-6-15(14)18(16)22-19/h3-8H,2,9-13H2,1H3. The van der Waals surface area contributed by atoms with E-state index in [9.17, 15) is 4.79 Å². The van der Waals surface area contributed by atoms with E-state index in [2.05, 4.69) is 24.0 Å². The zero-order valence-corrected chi connectivity index (χ0v) is 13.0. The van der Waals surface area contributed by atoms with E-state index in [1.54, 1.807) is 0 Å². The van der Waals surface area contributed by atoms with Crippen molar-refractivity contribution in [1.82, 2.24) is 4.90 Å². The van der Waals surface area contributed by atoms with Crippen LogP contribution < -0.4 is 4.74 Å². The van der Waals surface area contributed by atoms with Crippen LogP contribution >= 0.6 is 0 Å². The molecule has 2 aliphatic rings. The lowest BCUT2D eigenvalue weighted by atomic mass is 9.82. The number of hydrogen-bond acceptors (Lipinski definition) is 3. The van der Waals surface area contributed by atoms with Crippen molar-refractivity contribution in [3.05, 3.63) is 42.0 Å². The van der Waals surface area contributed by atoms with Crippen LogP contribution in [-0.2, 0) is 0 Å². The van der Waals surface area contributed by atoms with Crippen LogP contribution in [0.2, 0.25) is 0 Å². The third-order valence-electron chi connectivity index (χ3n) is 5.20. The minimum atomic E-state index is -0.292. The second kappa shape index (κ2) is 5.10. The number of carbonyl (C=O) groups is 1. The lowest BCUT2D eigenvalue weighted by molar-refractivity contribution is -0.00667. The summed E-state index contributed by atoms with van der Waals surface area (Å²) in [6.07, 6.45) is 2.40. The first kappa shape index (κ1) is 13.8. The number of nitrogens with zero attached hydrogens (tertiary/aromatic N) is 1. The largest absolute Gasteiger partial charge is 0.485 e. The molecule has 1 saturated heterocycles. The van der Waals surface area contributed by atoms with Gasteiger partial charge in [0.2, 0.25) is 0 Å². The van der Waals surface area contributed by atoms with Gasteiger partial charge < -0.3 is 9.64 Å². The lowest BCUT2D eigenvalue weighted by Crippen LogP contribution is -2.50. The zero-order valence-electron chi connectivity index (χ0n) is 13.0. The second-order valence-electron chi connectivity index (χ2n) is 6.48. The summed E-state index contributed by atoms with van der Waals surface area (Å²) in [7, 11) is 0. The first-order valence-corrected chi connectivity index (χ1v) is 8.17. The van der Waals surface area contributed by atoms with E-state index in [-0.39, 0.29) is 11.4 Å². The van der Waals surface area contributed by atoms with Crippen molar-refractivity contribution >= 4 is 16.6 Å². The fourth-order valence-electron chi connectivity index (χ4n) is 3.77. The molecule has 4 rings (SSSR count). The Morgan fingerprint density at radius 2 is 1.91 bits per heavy atom. The smallest absolute Gasteiger partial charge is 0.170 e. The van der Waals surface area contributed by atoms with Gasteiger partial charge in [-0.2, -0.15) is 0 Å². The minimum Gasteiger partial charge on any atom is -0.485 e. The first-order chi connectivity index (χ1) is 10.7. The summed E-state index contributed by atoms with van der Waals surface area (Å²) in [6.45, 7) is 5.30.